The van der Waals surface area contributed by atoms with Crippen molar-refractivity contribution in [3.63, 3.8) is 0 Å². The molecule has 0 amide bonds. The Morgan fingerprint density at radius 2 is 2.22 bits per heavy atom. The average Bonchev–Trinajstić information content (AvgIpc) is 3.07. The summed E-state index contributed by atoms with van der Waals surface area (Å²) in [7, 11) is 0. The van der Waals surface area contributed by atoms with Gasteiger partial charge >= 0.3 is 5.69 Å². The Bertz CT molecular complexity index is 833. The predicted molar refractivity (Wildman–Crippen MR) is 84.0 cm³/mol. The monoisotopic (exact) mass is 311 g/mol. The number of nitrogens with two attached hydrogens (primary N) is 1. The van der Waals surface area contributed by atoms with Gasteiger partial charge in [-0.3, -0.25) is 10.1 Å². The van der Waals surface area contributed by atoms with E-state index in [1.807, 2.05) is 36.5 Å². The van der Waals surface area contributed by atoms with Crippen LogP contribution < -0.4 is 11.1 Å². The maximum absolute atomic E-state index is 10.7. The molecule has 0 atom stereocenters. The van der Waals surface area contributed by atoms with E-state index in [2.05, 4.69) is 20.4 Å². The standard InChI is InChI=1S/C14H13N7O2/c15-13-12(21(22)23)9-17-14(19-13)16-8-10-3-1-4-11(7-10)20-6-2-5-18-20/h1-7,9H,8H2,(H3,15,16,17,19). The SMILES string of the molecule is Nc1nc(NCc2cccc(-n3cccn3)c2)ncc1[N+](=O)[O-]. The molecule has 9 nitrogen and oxygen atoms in total. The molecule has 2 aromatic heterocycles. The van der Waals surface area contributed by atoms with E-state index in [1.165, 1.54) is 0 Å². The van der Waals surface area contributed by atoms with Gasteiger partial charge in [0.05, 0.1) is 10.6 Å². The highest BCUT2D eigenvalue weighted by Gasteiger charge is 2.13. The molecule has 116 valence electrons. The highest BCUT2D eigenvalue weighted by molar-refractivity contribution is 5.53. The van der Waals surface area contributed by atoms with E-state index in [0.717, 1.165) is 17.4 Å². The quantitative estimate of drug-likeness (QED) is 0.543. The summed E-state index contributed by atoms with van der Waals surface area (Å²) in [5.74, 6) is 0.0652. The summed E-state index contributed by atoms with van der Waals surface area (Å²) in [6, 6.07) is 9.61. The predicted octanol–water partition coefficient (Wildman–Crippen LogP) is 1.76. The van der Waals surface area contributed by atoms with E-state index >= 15 is 0 Å². The second-order valence-corrected chi connectivity index (χ2v) is 4.70. The molecular formula is C14H13N7O2. The lowest BCUT2D eigenvalue weighted by atomic mass is 10.2. The average molecular weight is 311 g/mol. The van der Waals surface area contributed by atoms with Crippen molar-refractivity contribution in [3.8, 4) is 5.69 Å². The molecule has 0 aliphatic heterocycles. The van der Waals surface area contributed by atoms with Crippen LogP contribution >= 0.6 is 0 Å². The molecule has 0 bridgehead atoms. The van der Waals surface area contributed by atoms with Crippen LogP contribution in [0.25, 0.3) is 5.69 Å². The molecule has 0 unspecified atom stereocenters. The van der Waals surface area contributed by atoms with Crippen LogP contribution in [0.3, 0.4) is 0 Å². The number of nitrogens with one attached hydrogen (secondary N) is 1. The van der Waals surface area contributed by atoms with E-state index in [1.54, 1.807) is 10.9 Å². The van der Waals surface area contributed by atoms with Crippen LogP contribution in [0.2, 0.25) is 0 Å². The van der Waals surface area contributed by atoms with Gasteiger partial charge in [-0.05, 0) is 23.8 Å². The number of nitro groups is 1. The minimum absolute atomic E-state index is 0.169. The number of benzene rings is 1. The molecule has 3 rings (SSSR count). The Morgan fingerprint density at radius 1 is 1.35 bits per heavy atom. The fourth-order valence-electron chi connectivity index (χ4n) is 2.03. The van der Waals surface area contributed by atoms with Crippen molar-refractivity contribution in [1.82, 2.24) is 19.7 Å². The minimum atomic E-state index is -0.618. The molecule has 0 saturated heterocycles. The summed E-state index contributed by atoms with van der Waals surface area (Å²) < 4.78 is 1.75. The highest BCUT2D eigenvalue weighted by atomic mass is 16.6. The van der Waals surface area contributed by atoms with Crippen molar-refractivity contribution in [2.24, 2.45) is 0 Å². The zero-order valence-corrected chi connectivity index (χ0v) is 12.0. The largest absolute Gasteiger partial charge is 0.378 e. The molecule has 0 aliphatic rings. The van der Waals surface area contributed by atoms with Crippen molar-refractivity contribution >= 4 is 17.5 Å². The second-order valence-electron chi connectivity index (χ2n) is 4.70. The van der Waals surface area contributed by atoms with Gasteiger partial charge in [-0.1, -0.05) is 12.1 Å². The number of hydrogen-bond donors (Lipinski definition) is 2. The molecule has 3 N–H and O–H groups in total. The zero-order valence-electron chi connectivity index (χ0n) is 12.0. The molecule has 9 heteroatoms. The first-order valence-electron chi connectivity index (χ1n) is 6.73. The third-order valence-corrected chi connectivity index (χ3v) is 3.12. The van der Waals surface area contributed by atoms with Gasteiger partial charge in [0, 0.05) is 18.9 Å². The number of anilines is 2. The Morgan fingerprint density at radius 3 is 2.91 bits per heavy atom. The fraction of sp³-hybridized carbons (Fsp3) is 0.0714. The van der Waals surface area contributed by atoms with E-state index < -0.39 is 4.92 Å². The van der Waals surface area contributed by atoms with Crippen LogP contribution in [0.15, 0.2) is 48.9 Å². The Hall–Kier alpha value is -3.49. The summed E-state index contributed by atoms with van der Waals surface area (Å²) in [6.45, 7) is 0.451. The number of nitrogen functional groups attached to an aromatic ring is 1. The first kappa shape index (κ1) is 14.4. The number of aromatic nitrogens is 4. The summed E-state index contributed by atoms with van der Waals surface area (Å²) in [6.07, 6.45) is 4.65. The van der Waals surface area contributed by atoms with Crippen molar-refractivity contribution in [2.45, 2.75) is 6.54 Å². The van der Waals surface area contributed by atoms with Crippen LogP contribution in [0.1, 0.15) is 5.56 Å². The normalized spacial score (nSPS) is 10.4. The van der Waals surface area contributed by atoms with Gasteiger partial charge < -0.3 is 11.1 Å². The Balaban J connectivity index is 1.72. The highest BCUT2D eigenvalue weighted by Crippen LogP contribution is 2.18. The summed E-state index contributed by atoms with van der Waals surface area (Å²) in [5.41, 5.74) is 7.14. The lowest BCUT2D eigenvalue weighted by Crippen LogP contribution is -2.07. The lowest BCUT2D eigenvalue weighted by molar-refractivity contribution is -0.384. The first-order chi connectivity index (χ1) is 11.1. The van der Waals surface area contributed by atoms with E-state index in [9.17, 15) is 10.1 Å². The van der Waals surface area contributed by atoms with E-state index in [0.29, 0.717) is 6.54 Å². The summed E-state index contributed by atoms with van der Waals surface area (Å²) in [4.78, 5) is 17.8. The topological polar surface area (TPSA) is 125 Å². The van der Waals surface area contributed by atoms with Crippen molar-refractivity contribution in [2.75, 3.05) is 11.1 Å². The third-order valence-electron chi connectivity index (χ3n) is 3.12. The van der Waals surface area contributed by atoms with Crippen LogP contribution in [-0.2, 0) is 6.54 Å². The summed E-state index contributed by atoms with van der Waals surface area (Å²) >= 11 is 0. The molecular weight excluding hydrogens is 298 g/mol. The van der Waals surface area contributed by atoms with Crippen LogP contribution in [-0.4, -0.2) is 24.7 Å². The number of rotatable bonds is 5. The van der Waals surface area contributed by atoms with Gasteiger partial charge in [0.25, 0.3) is 0 Å². The molecule has 3 aromatic rings. The molecule has 0 saturated carbocycles. The number of nitrogens with zero attached hydrogens (tertiary/aromatic N) is 5. The molecule has 23 heavy (non-hydrogen) atoms. The van der Waals surface area contributed by atoms with Gasteiger partial charge in [-0.2, -0.15) is 10.1 Å². The van der Waals surface area contributed by atoms with Crippen LogP contribution in [0.4, 0.5) is 17.5 Å². The minimum Gasteiger partial charge on any atom is -0.378 e. The smallest absolute Gasteiger partial charge is 0.329 e. The van der Waals surface area contributed by atoms with Gasteiger partial charge in [0.2, 0.25) is 11.8 Å². The maximum Gasteiger partial charge on any atom is 0.329 e. The summed E-state index contributed by atoms with van der Waals surface area (Å²) in [5, 5.41) is 17.8. The van der Waals surface area contributed by atoms with Gasteiger partial charge in [0.15, 0.2) is 0 Å². The van der Waals surface area contributed by atoms with E-state index in [-0.39, 0.29) is 17.5 Å². The van der Waals surface area contributed by atoms with Gasteiger partial charge in [-0.15, -0.1) is 0 Å². The first-order valence-corrected chi connectivity index (χ1v) is 6.73. The molecule has 2 heterocycles. The molecule has 0 radical (unpaired) electrons. The molecule has 1 aromatic carbocycles. The zero-order chi connectivity index (χ0) is 16.2. The van der Waals surface area contributed by atoms with Crippen LogP contribution in [0.5, 0.6) is 0 Å². The number of hydrogen-bond acceptors (Lipinski definition) is 7. The Labute approximate surface area is 130 Å². The van der Waals surface area contributed by atoms with Gasteiger partial charge in [0.1, 0.15) is 6.20 Å². The maximum atomic E-state index is 10.7. The second kappa shape index (κ2) is 6.10. The van der Waals surface area contributed by atoms with Gasteiger partial charge in [-0.25, -0.2) is 9.67 Å². The van der Waals surface area contributed by atoms with Crippen LogP contribution in [0, 0.1) is 10.1 Å². The molecule has 0 aliphatic carbocycles. The Kier molecular flexibility index (Phi) is 3.83. The molecule has 0 fully saturated rings. The van der Waals surface area contributed by atoms with Crippen molar-refractivity contribution in [3.05, 3.63) is 64.6 Å². The third kappa shape index (κ3) is 3.23. The van der Waals surface area contributed by atoms with Crippen molar-refractivity contribution < 1.29 is 4.92 Å². The lowest BCUT2D eigenvalue weighted by Gasteiger charge is -2.07. The fourth-order valence-corrected chi connectivity index (χ4v) is 2.03. The van der Waals surface area contributed by atoms with E-state index in [4.69, 9.17) is 5.73 Å². The molecule has 0 spiro atoms. The van der Waals surface area contributed by atoms with Crippen molar-refractivity contribution in [1.29, 1.82) is 0 Å².